The van der Waals surface area contributed by atoms with Crippen LogP contribution in [0.5, 0.6) is 0 Å². The molecule has 12 heavy (non-hydrogen) atoms. The lowest BCUT2D eigenvalue weighted by Crippen LogP contribution is -1.92. The van der Waals surface area contributed by atoms with E-state index in [1.54, 1.807) is 12.1 Å². The molecule has 0 aliphatic carbocycles. The molecule has 0 aliphatic rings. The number of rotatable bonds is 1. The summed E-state index contributed by atoms with van der Waals surface area (Å²) in [5.41, 5.74) is 6.81. The Morgan fingerprint density at radius 1 is 1.58 bits per heavy atom. The van der Waals surface area contributed by atoms with Crippen LogP contribution in [0.4, 0.5) is 5.69 Å². The molecule has 1 aromatic rings. The second kappa shape index (κ2) is 3.79. The van der Waals surface area contributed by atoms with Crippen LogP contribution in [-0.4, -0.2) is 0 Å². The van der Waals surface area contributed by atoms with Gasteiger partial charge < -0.3 is 5.73 Å². The Morgan fingerprint density at radius 3 is 2.83 bits per heavy atom. The van der Waals surface area contributed by atoms with Crippen molar-refractivity contribution in [1.82, 2.24) is 0 Å². The van der Waals surface area contributed by atoms with Crippen molar-refractivity contribution in [2.45, 2.75) is 6.42 Å². The Hall–Kier alpha value is -0.720. The van der Waals surface area contributed by atoms with Gasteiger partial charge in [-0.15, -0.1) is 0 Å². The fraction of sp³-hybridized carbons (Fsp3) is 0.125. The monoisotopic (exact) mass is 244 g/mol. The summed E-state index contributed by atoms with van der Waals surface area (Å²) in [6.07, 6.45) is 0.268. The lowest BCUT2D eigenvalue weighted by molar-refractivity contribution is 1.25. The number of nitrogens with zero attached hydrogens (tertiary/aromatic N) is 1. The molecule has 0 unspecified atom stereocenters. The van der Waals surface area contributed by atoms with Crippen LogP contribution in [0, 0.1) is 11.3 Å². The summed E-state index contributed by atoms with van der Waals surface area (Å²) in [7, 11) is 0. The van der Waals surface area contributed by atoms with Crippen LogP contribution in [-0.2, 0) is 6.42 Å². The van der Waals surface area contributed by atoms with Gasteiger partial charge in [0.1, 0.15) is 0 Å². The van der Waals surface area contributed by atoms with E-state index in [1.807, 2.05) is 6.07 Å². The van der Waals surface area contributed by atoms with Gasteiger partial charge in [-0.2, -0.15) is 5.26 Å². The summed E-state index contributed by atoms with van der Waals surface area (Å²) in [5.74, 6) is 0. The van der Waals surface area contributed by atoms with Gasteiger partial charge in [-0.3, -0.25) is 0 Å². The second-order valence-electron chi connectivity index (χ2n) is 2.26. The molecule has 0 atom stereocenters. The molecule has 0 radical (unpaired) electrons. The van der Waals surface area contributed by atoms with Crippen LogP contribution in [0.1, 0.15) is 5.56 Å². The summed E-state index contributed by atoms with van der Waals surface area (Å²) in [6.45, 7) is 0. The molecule has 0 saturated carbocycles. The van der Waals surface area contributed by atoms with Gasteiger partial charge in [-0.1, -0.05) is 27.5 Å². The third kappa shape index (κ3) is 1.71. The molecule has 0 saturated heterocycles. The first kappa shape index (κ1) is 9.37. The predicted molar refractivity (Wildman–Crippen MR) is 52.9 cm³/mol. The zero-order valence-electron chi connectivity index (χ0n) is 6.14. The number of nitrogen functional groups attached to an aromatic ring is 1. The van der Waals surface area contributed by atoms with Crippen LogP contribution in [0.15, 0.2) is 16.6 Å². The molecule has 1 rings (SSSR count). The van der Waals surface area contributed by atoms with Crippen molar-refractivity contribution >= 4 is 33.2 Å². The largest absolute Gasteiger partial charge is 0.398 e. The van der Waals surface area contributed by atoms with E-state index < -0.39 is 0 Å². The summed E-state index contributed by atoms with van der Waals surface area (Å²) in [4.78, 5) is 0. The molecule has 2 nitrogen and oxygen atoms in total. The molecule has 1 aromatic carbocycles. The molecule has 0 fully saturated rings. The Balaban J connectivity index is 3.25. The number of anilines is 1. The topological polar surface area (TPSA) is 49.8 Å². The lowest BCUT2D eigenvalue weighted by Gasteiger charge is -2.04. The normalized spacial score (nSPS) is 9.42. The van der Waals surface area contributed by atoms with E-state index in [-0.39, 0.29) is 6.42 Å². The lowest BCUT2D eigenvalue weighted by atomic mass is 10.1. The van der Waals surface area contributed by atoms with E-state index in [9.17, 15) is 0 Å². The Labute approximate surface area is 84.1 Å². The minimum absolute atomic E-state index is 0.268. The van der Waals surface area contributed by atoms with Gasteiger partial charge >= 0.3 is 0 Å². The van der Waals surface area contributed by atoms with Gasteiger partial charge in [0.25, 0.3) is 0 Å². The minimum atomic E-state index is 0.268. The maximum Gasteiger partial charge on any atom is 0.0689 e. The maximum absolute atomic E-state index is 8.49. The van der Waals surface area contributed by atoms with Crippen LogP contribution in [0.3, 0.4) is 0 Å². The first-order chi connectivity index (χ1) is 5.66. The van der Waals surface area contributed by atoms with Gasteiger partial charge in [0.05, 0.1) is 23.2 Å². The highest BCUT2D eigenvalue weighted by molar-refractivity contribution is 9.10. The first-order valence-corrected chi connectivity index (χ1v) is 4.43. The van der Waals surface area contributed by atoms with Crippen LogP contribution < -0.4 is 5.73 Å². The third-order valence-electron chi connectivity index (χ3n) is 1.47. The highest BCUT2D eigenvalue weighted by Crippen LogP contribution is 2.30. The number of nitrogens with two attached hydrogens (primary N) is 1. The third-order valence-corrected chi connectivity index (χ3v) is 2.66. The van der Waals surface area contributed by atoms with Gasteiger partial charge in [0.2, 0.25) is 0 Å². The molecule has 0 aliphatic heterocycles. The molecule has 62 valence electrons. The first-order valence-electron chi connectivity index (χ1n) is 3.26. The van der Waals surface area contributed by atoms with Crippen molar-refractivity contribution in [3.05, 3.63) is 27.2 Å². The molecule has 0 spiro atoms. The zero-order chi connectivity index (χ0) is 9.14. The molecule has 0 bridgehead atoms. The molecular formula is C8H6BrClN2. The Bertz CT molecular complexity index is 344. The van der Waals surface area contributed by atoms with E-state index in [0.29, 0.717) is 10.7 Å². The van der Waals surface area contributed by atoms with Crippen LogP contribution >= 0.6 is 27.5 Å². The van der Waals surface area contributed by atoms with Crippen molar-refractivity contribution in [3.63, 3.8) is 0 Å². The van der Waals surface area contributed by atoms with Crippen LogP contribution in [0.25, 0.3) is 0 Å². The summed E-state index contributed by atoms with van der Waals surface area (Å²) < 4.78 is 0.822. The van der Waals surface area contributed by atoms with Gasteiger partial charge in [0, 0.05) is 10.0 Å². The Kier molecular flexibility index (Phi) is 2.96. The summed E-state index contributed by atoms with van der Waals surface area (Å²) in [6, 6.07) is 5.51. The minimum Gasteiger partial charge on any atom is -0.398 e. The summed E-state index contributed by atoms with van der Waals surface area (Å²) >= 11 is 9.16. The highest BCUT2D eigenvalue weighted by Gasteiger charge is 2.07. The number of nitriles is 1. The predicted octanol–water partition coefficient (Wildman–Crippen LogP) is 2.75. The number of halogens is 2. The van der Waals surface area contributed by atoms with Crippen molar-refractivity contribution in [1.29, 1.82) is 5.26 Å². The molecule has 0 aromatic heterocycles. The zero-order valence-corrected chi connectivity index (χ0v) is 8.48. The molecule has 2 N–H and O–H groups in total. The fourth-order valence-corrected chi connectivity index (χ4v) is 1.67. The second-order valence-corrected chi connectivity index (χ2v) is 3.50. The van der Waals surface area contributed by atoms with E-state index in [0.717, 1.165) is 10.0 Å². The van der Waals surface area contributed by atoms with E-state index in [1.165, 1.54) is 0 Å². The highest BCUT2D eigenvalue weighted by atomic mass is 79.9. The van der Waals surface area contributed by atoms with Gasteiger partial charge in [-0.05, 0) is 12.1 Å². The van der Waals surface area contributed by atoms with E-state index in [4.69, 9.17) is 22.6 Å². The van der Waals surface area contributed by atoms with Crippen molar-refractivity contribution < 1.29 is 0 Å². The SMILES string of the molecule is N#CCc1c(Br)ccc(N)c1Cl. The van der Waals surface area contributed by atoms with E-state index >= 15 is 0 Å². The van der Waals surface area contributed by atoms with Crippen LogP contribution in [0.2, 0.25) is 5.02 Å². The van der Waals surface area contributed by atoms with Crippen molar-refractivity contribution in [2.24, 2.45) is 0 Å². The maximum atomic E-state index is 8.49. The average Bonchev–Trinajstić information content (AvgIpc) is 2.06. The molecular weight excluding hydrogens is 239 g/mol. The standard InChI is InChI=1S/C8H6BrClN2/c9-6-1-2-7(12)8(10)5(6)3-4-11/h1-2H,3,12H2. The fourth-order valence-electron chi connectivity index (χ4n) is 0.857. The van der Waals surface area contributed by atoms with Gasteiger partial charge in [-0.25, -0.2) is 0 Å². The van der Waals surface area contributed by atoms with E-state index in [2.05, 4.69) is 15.9 Å². The van der Waals surface area contributed by atoms with Gasteiger partial charge in [0.15, 0.2) is 0 Å². The number of hydrogen-bond donors (Lipinski definition) is 1. The molecule has 0 heterocycles. The molecule has 0 amide bonds. The quantitative estimate of drug-likeness (QED) is 0.774. The average molecular weight is 246 g/mol. The van der Waals surface area contributed by atoms with Crippen molar-refractivity contribution in [2.75, 3.05) is 5.73 Å². The number of benzene rings is 1. The van der Waals surface area contributed by atoms with Crippen molar-refractivity contribution in [3.8, 4) is 6.07 Å². The smallest absolute Gasteiger partial charge is 0.0689 e. The number of hydrogen-bond acceptors (Lipinski definition) is 2. The Morgan fingerprint density at radius 2 is 2.25 bits per heavy atom. The molecule has 4 heteroatoms. The summed E-state index contributed by atoms with van der Waals surface area (Å²) in [5, 5.41) is 8.95.